The van der Waals surface area contributed by atoms with Gasteiger partial charge in [-0.2, -0.15) is 0 Å². The Kier molecular flexibility index (Phi) is 3.57. The summed E-state index contributed by atoms with van der Waals surface area (Å²) in [6.45, 7) is 3.97. The number of anilines is 1. The van der Waals surface area contributed by atoms with Crippen molar-refractivity contribution in [2.45, 2.75) is 13.8 Å². The van der Waals surface area contributed by atoms with Gasteiger partial charge in [0.05, 0.1) is 22.6 Å². The maximum atomic E-state index is 11.6. The predicted molar refractivity (Wildman–Crippen MR) is 88.1 cm³/mol. The minimum Gasteiger partial charge on any atom is -0.478 e. The normalized spacial score (nSPS) is 10.7. The van der Waals surface area contributed by atoms with Crippen LogP contribution in [0.2, 0.25) is 0 Å². The predicted octanol–water partition coefficient (Wildman–Crippen LogP) is 3.04. The number of nitrogens with two attached hydrogens (primary N) is 1. The zero-order valence-corrected chi connectivity index (χ0v) is 12.8. The molecule has 6 heteroatoms. The number of aryl methyl sites for hydroxylation is 1. The molecule has 3 rings (SSSR count). The van der Waals surface area contributed by atoms with Gasteiger partial charge in [0.2, 0.25) is 5.95 Å². The number of aromatic nitrogens is 3. The number of aromatic carboxylic acids is 1. The second-order valence-electron chi connectivity index (χ2n) is 5.32. The van der Waals surface area contributed by atoms with E-state index in [0.29, 0.717) is 17.1 Å². The molecule has 0 amide bonds. The number of nitrogens with zero attached hydrogens (tertiary/aromatic N) is 2. The number of carboxylic acid groups (broad SMARTS) is 1. The van der Waals surface area contributed by atoms with Crippen LogP contribution in [0, 0.1) is 13.8 Å². The summed E-state index contributed by atoms with van der Waals surface area (Å²) >= 11 is 0. The van der Waals surface area contributed by atoms with Gasteiger partial charge in [0.15, 0.2) is 0 Å². The molecule has 0 radical (unpaired) electrons. The third-order valence-corrected chi connectivity index (χ3v) is 3.87. The van der Waals surface area contributed by atoms with Crippen molar-refractivity contribution in [3.05, 3.63) is 53.2 Å². The topological polar surface area (TPSA) is 105 Å². The third-order valence-electron chi connectivity index (χ3n) is 3.87. The molecule has 1 aromatic carbocycles. The Morgan fingerprint density at radius 1 is 1.26 bits per heavy atom. The molecule has 0 saturated carbocycles. The minimum atomic E-state index is -0.995. The molecule has 0 bridgehead atoms. The van der Waals surface area contributed by atoms with Crippen molar-refractivity contribution in [2.24, 2.45) is 0 Å². The van der Waals surface area contributed by atoms with Crippen molar-refractivity contribution < 1.29 is 9.90 Å². The van der Waals surface area contributed by atoms with Gasteiger partial charge in [-0.1, -0.05) is 18.2 Å². The summed E-state index contributed by atoms with van der Waals surface area (Å²) in [6.07, 6.45) is 1.54. The SMILES string of the molecule is Cc1cccc(-c2[nH]c(-c3ccnc(N)n3)cc2C(=O)O)c1C. The van der Waals surface area contributed by atoms with Gasteiger partial charge < -0.3 is 15.8 Å². The Balaban J connectivity index is 2.21. The van der Waals surface area contributed by atoms with Crippen molar-refractivity contribution in [1.29, 1.82) is 0 Å². The van der Waals surface area contributed by atoms with Crippen molar-refractivity contribution >= 4 is 11.9 Å². The van der Waals surface area contributed by atoms with Gasteiger partial charge in [-0.15, -0.1) is 0 Å². The number of rotatable bonds is 3. The molecule has 23 heavy (non-hydrogen) atoms. The number of carboxylic acids is 1. The van der Waals surface area contributed by atoms with Crippen molar-refractivity contribution in [1.82, 2.24) is 15.0 Å². The van der Waals surface area contributed by atoms with Gasteiger partial charge in [0.1, 0.15) is 0 Å². The molecule has 3 aromatic rings. The van der Waals surface area contributed by atoms with E-state index in [1.807, 2.05) is 32.0 Å². The summed E-state index contributed by atoms with van der Waals surface area (Å²) in [5.74, 6) is -0.854. The molecule has 0 aliphatic heterocycles. The molecule has 0 spiro atoms. The van der Waals surface area contributed by atoms with Crippen LogP contribution in [0.5, 0.6) is 0 Å². The summed E-state index contributed by atoms with van der Waals surface area (Å²) < 4.78 is 0. The summed E-state index contributed by atoms with van der Waals surface area (Å²) in [5.41, 5.74) is 10.5. The Bertz CT molecular complexity index is 899. The summed E-state index contributed by atoms with van der Waals surface area (Å²) in [6, 6.07) is 9.06. The number of H-pyrrole nitrogens is 1. The van der Waals surface area contributed by atoms with Gasteiger partial charge in [-0.25, -0.2) is 14.8 Å². The quantitative estimate of drug-likeness (QED) is 0.689. The summed E-state index contributed by atoms with van der Waals surface area (Å²) in [5, 5.41) is 9.52. The Morgan fingerprint density at radius 3 is 2.74 bits per heavy atom. The fraction of sp³-hybridized carbons (Fsp3) is 0.118. The highest BCUT2D eigenvalue weighted by molar-refractivity contribution is 5.97. The number of carbonyl (C=O) groups is 1. The first-order chi connectivity index (χ1) is 11.0. The second kappa shape index (κ2) is 5.57. The number of hydrogen-bond acceptors (Lipinski definition) is 4. The van der Waals surface area contributed by atoms with E-state index in [1.54, 1.807) is 12.1 Å². The molecule has 4 N–H and O–H groups in total. The van der Waals surface area contributed by atoms with E-state index >= 15 is 0 Å². The van der Waals surface area contributed by atoms with Crippen LogP contribution < -0.4 is 5.73 Å². The van der Waals surface area contributed by atoms with Crippen LogP contribution in [0.25, 0.3) is 22.6 Å². The van der Waals surface area contributed by atoms with E-state index < -0.39 is 5.97 Å². The number of nitrogens with one attached hydrogen (secondary N) is 1. The molecule has 0 saturated heterocycles. The molecule has 0 fully saturated rings. The largest absolute Gasteiger partial charge is 0.478 e. The van der Waals surface area contributed by atoms with Gasteiger partial charge in [0.25, 0.3) is 0 Å². The number of nitrogen functional groups attached to an aromatic ring is 1. The van der Waals surface area contributed by atoms with E-state index in [0.717, 1.165) is 16.7 Å². The first-order valence-electron chi connectivity index (χ1n) is 7.09. The first-order valence-corrected chi connectivity index (χ1v) is 7.09. The Labute approximate surface area is 133 Å². The highest BCUT2D eigenvalue weighted by Crippen LogP contribution is 2.31. The average Bonchev–Trinajstić information content (AvgIpc) is 2.95. The Hall–Kier alpha value is -3.15. The van der Waals surface area contributed by atoms with Crippen LogP contribution in [-0.2, 0) is 0 Å². The number of benzene rings is 1. The van der Waals surface area contributed by atoms with Crippen molar-refractivity contribution in [2.75, 3.05) is 5.73 Å². The van der Waals surface area contributed by atoms with E-state index in [9.17, 15) is 9.90 Å². The van der Waals surface area contributed by atoms with E-state index in [2.05, 4.69) is 15.0 Å². The third kappa shape index (κ3) is 2.66. The lowest BCUT2D eigenvalue weighted by Crippen LogP contribution is -1.98. The molecule has 2 heterocycles. The standard InChI is InChI=1S/C17H16N4O2/c1-9-4-3-5-11(10(9)2)15-12(16(22)23)8-14(20-15)13-6-7-19-17(18)21-13/h3-8,20H,1-2H3,(H,22,23)(H2,18,19,21). The minimum absolute atomic E-state index is 0.141. The fourth-order valence-electron chi connectivity index (χ4n) is 2.52. The fourth-order valence-corrected chi connectivity index (χ4v) is 2.52. The molecule has 0 aliphatic rings. The lowest BCUT2D eigenvalue weighted by molar-refractivity contribution is 0.0698. The second-order valence-corrected chi connectivity index (χ2v) is 5.32. The van der Waals surface area contributed by atoms with Crippen LogP contribution in [0.4, 0.5) is 5.95 Å². The maximum Gasteiger partial charge on any atom is 0.337 e. The maximum absolute atomic E-state index is 11.6. The molecule has 0 aliphatic carbocycles. The van der Waals surface area contributed by atoms with Crippen molar-refractivity contribution in [3.8, 4) is 22.6 Å². The van der Waals surface area contributed by atoms with E-state index in [4.69, 9.17) is 5.73 Å². The summed E-state index contributed by atoms with van der Waals surface area (Å²) in [7, 11) is 0. The number of hydrogen-bond donors (Lipinski definition) is 3. The Morgan fingerprint density at radius 2 is 2.04 bits per heavy atom. The zero-order chi connectivity index (χ0) is 16.6. The van der Waals surface area contributed by atoms with E-state index in [1.165, 1.54) is 6.20 Å². The van der Waals surface area contributed by atoms with Gasteiger partial charge in [0, 0.05) is 11.8 Å². The van der Waals surface area contributed by atoms with Crippen LogP contribution in [0.15, 0.2) is 36.5 Å². The van der Waals surface area contributed by atoms with Crippen LogP contribution in [0.3, 0.4) is 0 Å². The summed E-state index contributed by atoms with van der Waals surface area (Å²) in [4.78, 5) is 22.8. The van der Waals surface area contributed by atoms with Crippen LogP contribution in [0.1, 0.15) is 21.5 Å². The molecular weight excluding hydrogens is 292 g/mol. The molecule has 0 unspecified atom stereocenters. The van der Waals surface area contributed by atoms with Gasteiger partial charge >= 0.3 is 5.97 Å². The molecule has 6 nitrogen and oxygen atoms in total. The van der Waals surface area contributed by atoms with Gasteiger partial charge in [-0.05, 0) is 37.1 Å². The first kappa shape index (κ1) is 14.8. The van der Waals surface area contributed by atoms with E-state index in [-0.39, 0.29) is 11.5 Å². The highest BCUT2D eigenvalue weighted by Gasteiger charge is 2.19. The molecule has 0 atom stereocenters. The highest BCUT2D eigenvalue weighted by atomic mass is 16.4. The lowest BCUT2D eigenvalue weighted by Gasteiger charge is -2.08. The van der Waals surface area contributed by atoms with Crippen LogP contribution >= 0.6 is 0 Å². The number of aromatic amines is 1. The van der Waals surface area contributed by atoms with Crippen LogP contribution in [-0.4, -0.2) is 26.0 Å². The lowest BCUT2D eigenvalue weighted by atomic mass is 9.99. The van der Waals surface area contributed by atoms with Gasteiger partial charge in [-0.3, -0.25) is 0 Å². The molecular formula is C17H16N4O2. The zero-order valence-electron chi connectivity index (χ0n) is 12.8. The average molecular weight is 308 g/mol. The van der Waals surface area contributed by atoms with Crippen molar-refractivity contribution in [3.63, 3.8) is 0 Å². The monoisotopic (exact) mass is 308 g/mol. The smallest absolute Gasteiger partial charge is 0.337 e. The molecule has 116 valence electrons. The molecule has 2 aromatic heterocycles.